The van der Waals surface area contributed by atoms with Crippen molar-refractivity contribution >= 4 is 0 Å². The summed E-state index contributed by atoms with van der Waals surface area (Å²) in [5.74, 6) is 0. The van der Waals surface area contributed by atoms with E-state index in [2.05, 4.69) is 6.07 Å². The summed E-state index contributed by atoms with van der Waals surface area (Å²) in [6.45, 7) is 2.74. The van der Waals surface area contributed by atoms with Gasteiger partial charge < -0.3 is 9.47 Å². The molecule has 1 rings (SSSR count). The monoisotopic (exact) mass is 281 g/mol. The predicted octanol–water partition coefficient (Wildman–Crippen LogP) is 4.61. The summed E-state index contributed by atoms with van der Waals surface area (Å²) in [6, 6.07) is 2.17. The van der Waals surface area contributed by atoms with Crippen LogP contribution in [0.1, 0.15) is 77.0 Å². The number of unbranched alkanes of at least 4 members (excludes halogenated alkanes) is 6. The highest BCUT2D eigenvalue weighted by molar-refractivity contribution is 4.67. The second-order valence-corrected chi connectivity index (χ2v) is 5.77. The van der Waals surface area contributed by atoms with E-state index in [1.54, 1.807) is 0 Å². The number of nitrogens with zero attached hydrogens (tertiary/aromatic N) is 1. The van der Waals surface area contributed by atoms with Gasteiger partial charge in [0.25, 0.3) is 0 Å². The van der Waals surface area contributed by atoms with Gasteiger partial charge in [0, 0.05) is 26.2 Å². The standard InChI is InChI=1S/C17H31NO2/c18-13-7-2-4-9-15-19-14-8-3-1-5-11-17-12-6-10-16-20-17/h17H,1-12,14-16H2. The minimum atomic E-state index is 0.549. The average Bonchev–Trinajstić information content (AvgIpc) is 2.49. The fraction of sp³-hybridized carbons (Fsp3) is 0.941. The van der Waals surface area contributed by atoms with Gasteiger partial charge in [0.15, 0.2) is 0 Å². The molecule has 1 fully saturated rings. The average molecular weight is 281 g/mol. The second-order valence-electron chi connectivity index (χ2n) is 5.77. The van der Waals surface area contributed by atoms with Gasteiger partial charge in [0.2, 0.25) is 0 Å². The summed E-state index contributed by atoms with van der Waals surface area (Å²) in [5.41, 5.74) is 0. The van der Waals surface area contributed by atoms with Crippen LogP contribution in [0.3, 0.4) is 0 Å². The van der Waals surface area contributed by atoms with Crippen LogP contribution in [0.15, 0.2) is 0 Å². The Kier molecular flexibility index (Phi) is 11.7. The van der Waals surface area contributed by atoms with Crippen molar-refractivity contribution < 1.29 is 9.47 Å². The lowest BCUT2D eigenvalue weighted by atomic mass is 10.0. The third kappa shape index (κ3) is 10.2. The fourth-order valence-electron chi connectivity index (χ4n) is 2.65. The number of rotatable bonds is 12. The third-order valence-corrected chi connectivity index (χ3v) is 3.92. The molecule has 3 nitrogen and oxygen atoms in total. The predicted molar refractivity (Wildman–Crippen MR) is 81.6 cm³/mol. The Bertz CT molecular complexity index is 244. The molecule has 20 heavy (non-hydrogen) atoms. The smallest absolute Gasteiger partial charge is 0.0621 e. The van der Waals surface area contributed by atoms with E-state index in [0.717, 1.165) is 39.1 Å². The largest absolute Gasteiger partial charge is 0.381 e. The lowest BCUT2D eigenvalue weighted by molar-refractivity contribution is 0.00968. The molecule has 0 saturated carbocycles. The van der Waals surface area contributed by atoms with E-state index >= 15 is 0 Å². The molecule has 0 radical (unpaired) electrons. The van der Waals surface area contributed by atoms with Gasteiger partial charge in [0.05, 0.1) is 12.2 Å². The van der Waals surface area contributed by atoms with Crippen LogP contribution < -0.4 is 0 Å². The minimum Gasteiger partial charge on any atom is -0.381 e. The molecule has 0 aromatic heterocycles. The molecule has 1 aliphatic heterocycles. The van der Waals surface area contributed by atoms with Gasteiger partial charge in [-0.1, -0.05) is 25.7 Å². The molecule has 3 heteroatoms. The van der Waals surface area contributed by atoms with Crippen LogP contribution in [0.25, 0.3) is 0 Å². The molecule has 0 aromatic carbocycles. The molecule has 0 aromatic rings. The maximum absolute atomic E-state index is 8.40. The zero-order valence-electron chi connectivity index (χ0n) is 12.9. The zero-order chi connectivity index (χ0) is 14.3. The normalized spacial score (nSPS) is 18.9. The summed E-state index contributed by atoms with van der Waals surface area (Å²) in [5, 5.41) is 8.40. The molecule has 1 aliphatic rings. The van der Waals surface area contributed by atoms with Crippen LogP contribution in [-0.2, 0) is 9.47 Å². The van der Waals surface area contributed by atoms with E-state index < -0.39 is 0 Å². The first kappa shape index (κ1) is 17.5. The molecule has 1 unspecified atom stereocenters. The van der Waals surface area contributed by atoms with Crippen molar-refractivity contribution in [1.29, 1.82) is 5.26 Å². The molecule has 116 valence electrons. The summed E-state index contributed by atoms with van der Waals surface area (Å²) in [7, 11) is 0. The number of ether oxygens (including phenoxy) is 2. The molecule has 0 aliphatic carbocycles. The maximum atomic E-state index is 8.40. The van der Waals surface area contributed by atoms with E-state index in [1.807, 2.05) is 0 Å². The molecule has 0 N–H and O–H groups in total. The summed E-state index contributed by atoms with van der Waals surface area (Å²) in [6.07, 6.45) is 14.7. The number of nitriles is 1. The van der Waals surface area contributed by atoms with Gasteiger partial charge in [-0.2, -0.15) is 5.26 Å². The van der Waals surface area contributed by atoms with Crippen LogP contribution in [0.2, 0.25) is 0 Å². The van der Waals surface area contributed by atoms with Crippen molar-refractivity contribution in [1.82, 2.24) is 0 Å². The Labute approximate surface area is 124 Å². The highest BCUT2D eigenvalue weighted by atomic mass is 16.5. The molecular weight excluding hydrogens is 250 g/mol. The minimum absolute atomic E-state index is 0.549. The lowest BCUT2D eigenvalue weighted by Gasteiger charge is -2.22. The van der Waals surface area contributed by atoms with E-state index in [1.165, 1.54) is 51.4 Å². The highest BCUT2D eigenvalue weighted by Gasteiger charge is 2.12. The van der Waals surface area contributed by atoms with Crippen LogP contribution in [-0.4, -0.2) is 25.9 Å². The summed E-state index contributed by atoms with van der Waals surface area (Å²) in [4.78, 5) is 0. The Hall–Kier alpha value is -0.590. The van der Waals surface area contributed by atoms with Crippen LogP contribution in [0.4, 0.5) is 0 Å². The number of hydrogen-bond acceptors (Lipinski definition) is 3. The topological polar surface area (TPSA) is 42.2 Å². The van der Waals surface area contributed by atoms with Crippen molar-refractivity contribution in [2.24, 2.45) is 0 Å². The highest BCUT2D eigenvalue weighted by Crippen LogP contribution is 2.18. The molecule has 1 heterocycles. The molecular formula is C17H31NO2. The first-order valence-electron chi connectivity index (χ1n) is 8.50. The SMILES string of the molecule is N#CCCCCCOCCCCCCC1CCCCO1. The van der Waals surface area contributed by atoms with Crippen LogP contribution in [0.5, 0.6) is 0 Å². The summed E-state index contributed by atoms with van der Waals surface area (Å²) >= 11 is 0. The van der Waals surface area contributed by atoms with Crippen LogP contribution in [0, 0.1) is 11.3 Å². The third-order valence-electron chi connectivity index (χ3n) is 3.92. The van der Waals surface area contributed by atoms with Gasteiger partial charge in [-0.05, 0) is 44.9 Å². The second kappa shape index (κ2) is 13.4. The first-order valence-corrected chi connectivity index (χ1v) is 8.50. The van der Waals surface area contributed by atoms with Crippen molar-refractivity contribution in [3.8, 4) is 6.07 Å². The molecule has 1 saturated heterocycles. The quantitative estimate of drug-likeness (QED) is 0.491. The van der Waals surface area contributed by atoms with E-state index in [0.29, 0.717) is 12.5 Å². The maximum Gasteiger partial charge on any atom is 0.0621 e. The first-order chi connectivity index (χ1) is 9.93. The van der Waals surface area contributed by atoms with Crippen LogP contribution >= 0.6 is 0 Å². The zero-order valence-corrected chi connectivity index (χ0v) is 12.9. The van der Waals surface area contributed by atoms with Gasteiger partial charge in [-0.3, -0.25) is 0 Å². The Morgan fingerprint density at radius 3 is 2.40 bits per heavy atom. The molecule has 0 spiro atoms. The van der Waals surface area contributed by atoms with E-state index in [-0.39, 0.29) is 0 Å². The van der Waals surface area contributed by atoms with E-state index in [4.69, 9.17) is 14.7 Å². The van der Waals surface area contributed by atoms with Crippen molar-refractivity contribution in [3.63, 3.8) is 0 Å². The molecule has 0 bridgehead atoms. The Morgan fingerprint density at radius 1 is 0.950 bits per heavy atom. The van der Waals surface area contributed by atoms with Gasteiger partial charge in [-0.25, -0.2) is 0 Å². The van der Waals surface area contributed by atoms with Crippen molar-refractivity contribution in [3.05, 3.63) is 0 Å². The Balaban J connectivity index is 1.71. The number of hydrogen-bond donors (Lipinski definition) is 0. The van der Waals surface area contributed by atoms with Gasteiger partial charge >= 0.3 is 0 Å². The van der Waals surface area contributed by atoms with Gasteiger partial charge in [0.1, 0.15) is 0 Å². The van der Waals surface area contributed by atoms with Gasteiger partial charge in [-0.15, -0.1) is 0 Å². The Morgan fingerprint density at radius 2 is 1.70 bits per heavy atom. The lowest BCUT2D eigenvalue weighted by Crippen LogP contribution is -2.18. The molecule has 1 atom stereocenters. The van der Waals surface area contributed by atoms with Crippen molar-refractivity contribution in [2.45, 2.75) is 83.2 Å². The van der Waals surface area contributed by atoms with E-state index in [9.17, 15) is 0 Å². The summed E-state index contributed by atoms with van der Waals surface area (Å²) < 4.78 is 11.3. The van der Waals surface area contributed by atoms with Crippen molar-refractivity contribution in [2.75, 3.05) is 19.8 Å². The molecule has 0 amide bonds. The fourth-order valence-corrected chi connectivity index (χ4v) is 2.65.